The van der Waals surface area contributed by atoms with Gasteiger partial charge in [-0.15, -0.1) is 0 Å². The van der Waals surface area contributed by atoms with Crippen molar-refractivity contribution in [2.75, 3.05) is 12.4 Å². The van der Waals surface area contributed by atoms with Gasteiger partial charge in [-0.3, -0.25) is 4.79 Å². The van der Waals surface area contributed by atoms with Gasteiger partial charge in [0.05, 0.1) is 5.69 Å². The number of carbonyl (C=O) groups is 1. The molecule has 1 heterocycles. The molecule has 6 heteroatoms. The van der Waals surface area contributed by atoms with Crippen LogP contribution in [0.4, 0.5) is 5.69 Å². The van der Waals surface area contributed by atoms with E-state index in [2.05, 4.69) is 10.4 Å². The van der Waals surface area contributed by atoms with Crippen molar-refractivity contribution in [1.29, 1.82) is 0 Å². The molecule has 0 saturated carbocycles. The summed E-state index contributed by atoms with van der Waals surface area (Å²) in [5, 5.41) is 7.11. The molecule has 2 aromatic carbocycles. The number of amides is 1. The van der Waals surface area contributed by atoms with E-state index in [1.807, 2.05) is 54.6 Å². The molecule has 0 aliphatic rings. The average Bonchev–Trinajstić information content (AvgIpc) is 3.07. The van der Waals surface area contributed by atoms with Crippen LogP contribution in [-0.2, 0) is 11.5 Å². The summed E-state index contributed by atoms with van der Waals surface area (Å²) in [5.41, 5.74) is 1.12. The maximum atomic E-state index is 12.4. The van der Waals surface area contributed by atoms with Crippen LogP contribution in [0.15, 0.2) is 76.7 Å². The van der Waals surface area contributed by atoms with Gasteiger partial charge in [-0.1, -0.05) is 42.1 Å². The van der Waals surface area contributed by atoms with Crippen molar-refractivity contribution >= 4 is 23.4 Å². The molecule has 0 aliphatic carbocycles. The average molecular weight is 339 g/mol. The normalized spacial score (nSPS) is 10.5. The second-order valence-corrected chi connectivity index (χ2v) is 6.14. The molecule has 3 rings (SSSR count). The Hall–Kier alpha value is -2.57. The monoisotopic (exact) mass is 339 g/mol. The van der Waals surface area contributed by atoms with Gasteiger partial charge in [-0.05, 0) is 30.3 Å². The number of benzene rings is 2. The predicted octanol–water partition coefficient (Wildman–Crippen LogP) is 3.89. The Morgan fingerprint density at radius 1 is 1.12 bits per heavy atom. The summed E-state index contributed by atoms with van der Waals surface area (Å²) < 4.78 is 6.56. The van der Waals surface area contributed by atoms with Crippen LogP contribution >= 0.6 is 11.8 Å². The standard InChI is InChI=1S/C18H17N3O2S/c1-23-13-21-12-11-16(20-21)18(22)19-15-9-5-6-10-17(15)24-14-7-3-2-4-8-14/h2-12H,13H2,1H3,(H,19,22). The fourth-order valence-electron chi connectivity index (χ4n) is 2.15. The number of carbonyl (C=O) groups excluding carboxylic acids is 1. The van der Waals surface area contributed by atoms with E-state index in [0.29, 0.717) is 12.4 Å². The molecule has 0 radical (unpaired) electrons. The minimum absolute atomic E-state index is 0.244. The SMILES string of the molecule is COCn1ccc(C(=O)Nc2ccccc2Sc2ccccc2)n1. The van der Waals surface area contributed by atoms with Crippen molar-refractivity contribution in [2.45, 2.75) is 16.5 Å². The first-order valence-corrected chi connectivity index (χ1v) is 8.23. The van der Waals surface area contributed by atoms with Crippen LogP contribution in [0.3, 0.4) is 0 Å². The molecule has 1 N–H and O–H groups in total. The van der Waals surface area contributed by atoms with E-state index < -0.39 is 0 Å². The maximum Gasteiger partial charge on any atom is 0.276 e. The highest BCUT2D eigenvalue weighted by Gasteiger charge is 2.12. The quantitative estimate of drug-likeness (QED) is 0.740. The number of methoxy groups -OCH3 is 1. The zero-order chi connectivity index (χ0) is 16.8. The van der Waals surface area contributed by atoms with Gasteiger partial charge in [-0.2, -0.15) is 5.10 Å². The third-order valence-corrected chi connectivity index (χ3v) is 4.32. The minimum atomic E-state index is -0.244. The Morgan fingerprint density at radius 2 is 1.88 bits per heavy atom. The lowest BCUT2D eigenvalue weighted by molar-refractivity contribution is 0.101. The van der Waals surface area contributed by atoms with E-state index in [0.717, 1.165) is 15.5 Å². The predicted molar refractivity (Wildman–Crippen MR) is 94.2 cm³/mol. The first kappa shape index (κ1) is 16.3. The smallest absolute Gasteiger partial charge is 0.276 e. The molecule has 0 atom stereocenters. The van der Waals surface area contributed by atoms with Crippen molar-refractivity contribution in [3.8, 4) is 0 Å². The molecule has 122 valence electrons. The van der Waals surface area contributed by atoms with E-state index in [-0.39, 0.29) is 5.91 Å². The molecule has 0 bridgehead atoms. The number of hydrogen-bond acceptors (Lipinski definition) is 4. The second kappa shape index (κ2) is 7.81. The number of rotatable bonds is 6. The summed E-state index contributed by atoms with van der Waals surface area (Å²) in [6.07, 6.45) is 1.71. The van der Waals surface area contributed by atoms with Gasteiger partial charge in [0, 0.05) is 23.1 Å². The molecule has 1 amide bonds. The highest BCUT2D eigenvalue weighted by molar-refractivity contribution is 7.99. The van der Waals surface area contributed by atoms with Crippen molar-refractivity contribution in [3.05, 3.63) is 72.6 Å². The lowest BCUT2D eigenvalue weighted by atomic mass is 10.3. The summed E-state index contributed by atoms with van der Waals surface area (Å²) in [4.78, 5) is 14.5. The molecule has 0 saturated heterocycles. The van der Waals surface area contributed by atoms with E-state index >= 15 is 0 Å². The highest BCUT2D eigenvalue weighted by atomic mass is 32.2. The van der Waals surface area contributed by atoms with Gasteiger partial charge < -0.3 is 10.1 Å². The zero-order valence-corrected chi connectivity index (χ0v) is 14.0. The Bertz CT molecular complexity index is 818. The molecule has 1 aromatic heterocycles. The number of nitrogens with one attached hydrogen (secondary N) is 1. The summed E-state index contributed by atoms with van der Waals surface area (Å²) in [7, 11) is 1.58. The molecular formula is C18H17N3O2S. The number of anilines is 1. The molecule has 3 aromatic rings. The molecule has 0 spiro atoms. The van der Waals surface area contributed by atoms with Gasteiger partial charge in [0.2, 0.25) is 0 Å². The fraction of sp³-hybridized carbons (Fsp3) is 0.111. The van der Waals surface area contributed by atoms with Crippen LogP contribution in [0.2, 0.25) is 0 Å². The first-order chi connectivity index (χ1) is 11.8. The van der Waals surface area contributed by atoms with E-state index in [9.17, 15) is 4.79 Å². The third kappa shape index (κ3) is 4.04. The first-order valence-electron chi connectivity index (χ1n) is 7.42. The summed E-state index contributed by atoms with van der Waals surface area (Å²) in [6, 6.07) is 19.4. The molecule has 24 heavy (non-hydrogen) atoms. The third-order valence-electron chi connectivity index (χ3n) is 3.24. The van der Waals surface area contributed by atoms with Crippen molar-refractivity contribution in [3.63, 3.8) is 0 Å². The van der Waals surface area contributed by atoms with Gasteiger partial charge in [0.25, 0.3) is 5.91 Å². The van der Waals surface area contributed by atoms with Crippen molar-refractivity contribution in [1.82, 2.24) is 9.78 Å². The topological polar surface area (TPSA) is 56.1 Å². The number of aromatic nitrogens is 2. The lowest BCUT2D eigenvalue weighted by Crippen LogP contribution is -2.14. The van der Waals surface area contributed by atoms with Crippen LogP contribution in [0.25, 0.3) is 0 Å². The highest BCUT2D eigenvalue weighted by Crippen LogP contribution is 2.33. The van der Waals surface area contributed by atoms with Gasteiger partial charge in [-0.25, -0.2) is 4.68 Å². The van der Waals surface area contributed by atoms with E-state index in [4.69, 9.17) is 4.74 Å². The van der Waals surface area contributed by atoms with Crippen molar-refractivity contribution < 1.29 is 9.53 Å². The van der Waals surface area contributed by atoms with Crippen LogP contribution < -0.4 is 5.32 Å². The molecule has 5 nitrogen and oxygen atoms in total. The van der Waals surface area contributed by atoms with Crippen LogP contribution in [-0.4, -0.2) is 22.8 Å². The van der Waals surface area contributed by atoms with Gasteiger partial charge in [0.1, 0.15) is 6.73 Å². The Kier molecular flexibility index (Phi) is 5.30. The maximum absolute atomic E-state index is 12.4. The number of ether oxygens (including phenoxy) is 1. The second-order valence-electron chi connectivity index (χ2n) is 5.02. The lowest BCUT2D eigenvalue weighted by Gasteiger charge is -2.10. The summed E-state index contributed by atoms with van der Waals surface area (Å²) in [6.45, 7) is 0.313. The summed E-state index contributed by atoms with van der Waals surface area (Å²) in [5.74, 6) is -0.244. The van der Waals surface area contributed by atoms with Crippen LogP contribution in [0.1, 0.15) is 10.5 Å². The fourth-order valence-corrected chi connectivity index (χ4v) is 3.07. The molecular weight excluding hydrogens is 322 g/mol. The largest absolute Gasteiger partial charge is 0.362 e. The van der Waals surface area contributed by atoms with Gasteiger partial charge >= 0.3 is 0 Å². The van der Waals surface area contributed by atoms with E-state index in [1.165, 1.54) is 0 Å². The minimum Gasteiger partial charge on any atom is -0.362 e. The van der Waals surface area contributed by atoms with Gasteiger partial charge in [0.15, 0.2) is 5.69 Å². The zero-order valence-electron chi connectivity index (χ0n) is 13.2. The van der Waals surface area contributed by atoms with Crippen molar-refractivity contribution in [2.24, 2.45) is 0 Å². The van der Waals surface area contributed by atoms with Crippen LogP contribution in [0.5, 0.6) is 0 Å². The molecule has 0 aliphatic heterocycles. The Balaban J connectivity index is 1.76. The number of nitrogens with zero attached hydrogens (tertiary/aromatic N) is 2. The number of para-hydroxylation sites is 1. The molecule has 0 fully saturated rings. The van der Waals surface area contributed by atoms with Crippen LogP contribution in [0, 0.1) is 0 Å². The van der Waals surface area contributed by atoms with E-state index in [1.54, 1.807) is 35.8 Å². The Morgan fingerprint density at radius 3 is 2.67 bits per heavy atom. The number of hydrogen-bond donors (Lipinski definition) is 1. The molecule has 0 unspecified atom stereocenters. The Labute approximate surface area is 144 Å². The summed E-state index contributed by atoms with van der Waals surface area (Å²) >= 11 is 1.60.